The van der Waals surface area contributed by atoms with Crippen molar-refractivity contribution < 1.29 is 14.7 Å². The van der Waals surface area contributed by atoms with E-state index in [0.29, 0.717) is 11.5 Å². The van der Waals surface area contributed by atoms with Gasteiger partial charge < -0.3 is 15.7 Å². The van der Waals surface area contributed by atoms with E-state index >= 15 is 0 Å². The van der Waals surface area contributed by atoms with E-state index in [0.717, 1.165) is 12.3 Å². The zero-order valence-electron chi connectivity index (χ0n) is 11.8. The number of carbonyl (C=O) groups is 2. The van der Waals surface area contributed by atoms with Crippen molar-refractivity contribution in [3.63, 3.8) is 0 Å². The largest absolute Gasteiger partial charge is 0.479 e. The lowest BCUT2D eigenvalue weighted by atomic mass is 9.95. The second-order valence-electron chi connectivity index (χ2n) is 6.08. The van der Waals surface area contributed by atoms with Crippen LogP contribution in [0.2, 0.25) is 0 Å². The van der Waals surface area contributed by atoms with Gasteiger partial charge in [-0.25, -0.2) is 9.59 Å². The Morgan fingerprint density at radius 2 is 1.90 bits per heavy atom. The predicted molar refractivity (Wildman–Crippen MR) is 77.7 cm³/mol. The fourth-order valence-corrected chi connectivity index (χ4v) is 3.70. The maximum atomic E-state index is 12.1. The standard InChI is InChI=1S/C16H20N2O3/c19-15(20)14(11-4-2-1-3-5-11)18-16(21)17-13-9-10-6-7-12(13)8-10/h1-5,10,12-14H,6-9H2,(H,19,20)(H2,17,18,21)/t10?,12?,13?,14-/m0/s1. The molecule has 3 rings (SSSR count). The zero-order chi connectivity index (χ0) is 14.8. The third-order valence-corrected chi connectivity index (χ3v) is 4.71. The van der Waals surface area contributed by atoms with Crippen molar-refractivity contribution >= 4 is 12.0 Å². The van der Waals surface area contributed by atoms with Crippen LogP contribution in [0.4, 0.5) is 4.79 Å². The minimum atomic E-state index is -1.05. The molecule has 2 saturated carbocycles. The average Bonchev–Trinajstić information content (AvgIpc) is 3.08. The number of hydrogen-bond donors (Lipinski definition) is 3. The van der Waals surface area contributed by atoms with Gasteiger partial charge in [-0.05, 0) is 36.7 Å². The predicted octanol–water partition coefficient (Wildman–Crippen LogP) is 2.30. The van der Waals surface area contributed by atoms with Crippen molar-refractivity contribution in [3.8, 4) is 0 Å². The van der Waals surface area contributed by atoms with Crippen LogP contribution in [0, 0.1) is 11.8 Å². The summed E-state index contributed by atoms with van der Waals surface area (Å²) in [6.45, 7) is 0. The van der Waals surface area contributed by atoms with Gasteiger partial charge in [-0.3, -0.25) is 0 Å². The summed E-state index contributed by atoms with van der Waals surface area (Å²) in [5.41, 5.74) is 0.577. The van der Waals surface area contributed by atoms with E-state index in [-0.39, 0.29) is 12.1 Å². The van der Waals surface area contributed by atoms with E-state index in [1.54, 1.807) is 24.3 Å². The maximum absolute atomic E-state index is 12.1. The van der Waals surface area contributed by atoms with Gasteiger partial charge in [0.05, 0.1) is 0 Å². The highest BCUT2D eigenvalue weighted by Gasteiger charge is 2.40. The Morgan fingerprint density at radius 3 is 2.48 bits per heavy atom. The van der Waals surface area contributed by atoms with Crippen molar-refractivity contribution in [2.24, 2.45) is 11.8 Å². The molecule has 4 atom stereocenters. The third kappa shape index (κ3) is 3.01. The molecule has 1 aromatic carbocycles. The Morgan fingerprint density at radius 1 is 1.14 bits per heavy atom. The van der Waals surface area contributed by atoms with E-state index in [2.05, 4.69) is 10.6 Å². The van der Waals surface area contributed by atoms with Gasteiger partial charge in [0.15, 0.2) is 6.04 Å². The highest BCUT2D eigenvalue weighted by molar-refractivity contribution is 5.83. The van der Waals surface area contributed by atoms with Gasteiger partial charge in [0.1, 0.15) is 0 Å². The lowest BCUT2D eigenvalue weighted by molar-refractivity contribution is -0.139. The monoisotopic (exact) mass is 288 g/mol. The van der Waals surface area contributed by atoms with Crippen molar-refractivity contribution in [3.05, 3.63) is 35.9 Å². The molecule has 1 aromatic rings. The summed E-state index contributed by atoms with van der Waals surface area (Å²) < 4.78 is 0. The molecular weight excluding hydrogens is 268 g/mol. The highest BCUT2D eigenvalue weighted by atomic mass is 16.4. The molecule has 3 N–H and O–H groups in total. The number of carboxylic acid groups (broad SMARTS) is 1. The van der Waals surface area contributed by atoms with Gasteiger partial charge in [0.2, 0.25) is 0 Å². The molecule has 0 saturated heterocycles. The highest BCUT2D eigenvalue weighted by Crippen LogP contribution is 2.44. The Kier molecular flexibility index (Phi) is 3.82. The summed E-state index contributed by atoms with van der Waals surface area (Å²) >= 11 is 0. The first-order valence-corrected chi connectivity index (χ1v) is 7.48. The van der Waals surface area contributed by atoms with E-state index in [1.807, 2.05) is 6.07 Å². The van der Waals surface area contributed by atoms with Crippen molar-refractivity contribution in [2.75, 3.05) is 0 Å². The number of benzene rings is 1. The SMILES string of the molecule is O=C(NC1CC2CCC1C2)N[C@H](C(=O)O)c1ccccc1. The third-order valence-electron chi connectivity index (χ3n) is 4.71. The number of carbonyl (C=O) groups excluding carboxylic acids is 1. The molecular formula is C16H20N2O3. The lowest BCUT2D eigenvalue weighted by Gasteiger charge is -2.24. The summed E-state index contributed by atoms with van der Waals surface area (Å²) in [6, 6.07) is 7.56. The quantitative estimate of drug-likeness (QED) is 0.795. The molecule has 0 radical (unpaired) electrons. The first-order valence-electron chi connectivity index (χ1n) is 7.48. The zero-order valence-corrected chi connectivity index (χ0v) is 11.8. The topological polar surface area (TPSA) is 78.4 Å². The Balaban J connectivity index is 1.61. The number of fused-ring (bicyclic) bond motifs is 2. The lowest BCUT2D eigenvalue weighted by Crippen LogP contribution is -2.46. The Labute approximate surface area is 123 Å². The van der Waals surface area contributed by atoms with Crippen LogP contribution in [0.3, 0.4) is 0 Å². The fourth-order valence-electron chi connectivity index (χ4n) is 3.70. The van der Waals surface area contributed by atoms with E-state index in [1.165, 1.54) is 19.3 Å². The molecule has 112 valence electrons. The van der Waals surface area contributed by atoms with Crippen LogP contribution < -0.4 is 10.6 Å². The summed E-state index contributed by atoms with van der Waals surface area (Å²) in [7, 11) is 0. The minimum Gasteiger partial charge on any atom is -0.479 e. The van der Waals surface area contributed by atoms with E-state index in [9.17, 15) is 14.7 Å². The molecule has 0 heterocycles. The maximum Gasteiger partial charge on any atom is 0.330 e. The Hall–Kier alpha value is -2.04. The van der Waals surface area contributed by atoms with Gasteiger partial charge >= 0.3 is 12.0 Å². The smallest absolute Gasteiger partial charge is 0.330 e. The summed E-state index contributed by atoms with van der Waals surface area (Å²) in [4.78, 5) is 23.4. The summed E-state index contributed by atoms with van der Waals surface area (Å²) in [5.74, 6) is 0.259. The molecule has 2 bridgehead atoms. The minimum absolute atomic E-state index is 0.203. The first-order chi connectivity index (χ1) is 10.1. The van der Waals surface area contributed by atoms with Crippen LogP contribution in [0.25, 0.3) is 0 Å². The summed E-state index contributed by atoms with van der Waals surface area (Å²) in [6.07, 6.45) is 4.68. The van der Waals surface area contributed by atoms with Crippen molar-refractivity contribution in [1.82, 2.24) is 10.6 Å². The molecule has 2 aliphatic carbocycles. The molecule has 2 fully saturated rings. The second-order valence-corrected chi connectivity index (χ2v) is 6.08. The van der Waals surface area contributed by atoms with Crippen LogP contribution in [-0.2, 0) is 4.79 Å². The van der Waals surface area contributed by atoms with Crippen LogP contribution in [0.15, 0.2) is 30.3 Å². The molecule has 3 unspecified atom stereocenters. The molecule has 2 aliphatic rings. The Bertz CT molecular complexity index is 532. The number of rotatable bonds is 4. The molecule has 0 spiro atoms. The summed E-state index contributed by atoms with van der Waals surface area (Å²) in [5, 5.41) is 14.8. The number of carboxylic acids is 1. The van der Waals surface area contributed by atoms with Gasteiger partial charge in [-0.15, -0.1) is 0 Å². The van der Waals surface area contributed by atoms with E-state index < -0.39 is 12.0 Å². The van der Waals surface area contributed by atoms with Crippen LogP contribution in [0.5, 0.6) is 0 Å². The van der Waals surface area contributed by atoms with Crippen molar-refractivity contribution in [2.45, 2.75) is 37.8 Å². The number of amides is 2. The van der Waals surface area contributed by atoms with E-state index in [4.69, 9.17) is 0 Å². The van der Waals surface area contributed by atoms with Gasteiger partial charge in [-0.2, -0.15) is 0 Å². The number of hydrogen-bond acceptors (Lipinski definition) is 2. The van der Waals surface area contributed by atoms with Crippen LogP contribution in [-0.4, -0.2) is 23.1 Å². The molecule has 0 aromatic heterocycles. The van der Waals surface area contributed by atoms with Gasteiger partial charge in [0, 0.05) is 6.04 Å². The molecule has 21 heavy (non-hydrogen) atoms. The van der Waals surface area contributed by atoms with Crippen LogP contribution >= 0.6 is 0 Å². The number of aliphatic carboxylic acids is 1. The normalized spacial score (nSPS) is 28.1. The number of nitrogens with one attached hydrogen (secondary N) is 2. The second kappa shape index (κ2) is 5.76. The first kappa shape index (κ1) is 13.9. The molecule has 0 aliphatic heterocycles. The molecule has 5 heteroatoms. The van der Waals surface area contributed by atoms with Gasteiger partial charge in [-0.1, -0.05) is 36.8 Å². The van der Waals surface area contributed by atoms with Crippen LogP contribution in [0.1, 0.15) is 37.3 Å². The van der Waals surface area contributed by atoms with Gasteiger partial charge in [0.25, 0.3) is 0 Å². The molecule has 5 nitrogen and oxygen atoms in total. The van der Waals surface area contributed by atoms with Crippen molar-refractivity contribution in [1.29, 1.82) is 0 Å². The molecule has 2 amide bonds. The number of urea groups is 1. The average molecular weight is 288 g/mol. The fraction of sp³-hybridized carbons (Fsp3) is 0.500.